The van der Waals surface area contributed by atoms with E-state index in [4.69, 9.17) is 0 Å². The largest absolute Gasteiger partial charge is 0.340 e. The van der Waals surface area contributed by atoms with E-state index >= 15 is 0 Å². The van der Waals surface area contributed by atoms with Crippen molar-refractivity contribution < 1.29 is 4.79 Å². The highest BCUT2D eigenvalue weighted by Crippen LogP contribution is 2.12. The van der Waals surface area contributed by atoms with Crippen molar-refractivity contribution in [3.05, 3.63) is 83.9 Å². The summed E-state index contributed by atoms with van der Waals surface area (Å²) in [6.07, 6.45) is 5.93. The molecular formula is C21H23N5O. The minimum Gasteiger partial charge on any atom is -0.340 e. The van der Waals surface area contributed by atoms with Gasteiger partial charge in [0, 0.05) is 45.8 Å². The molecule has 3 rings (SSSR count). The SMILES string of the molecule is CN(CCc1ccncc1)C(=O)c1ccnc(N(C)Cc2ccccc2)n1. The number of hydrogen-bond donors (Lipinski definition) is 0. The van der Waals surface area contributed by atoms with Crippen LogP contribution in [0, 0.1) is 0 Å². The second-order valence-corrected chi connectivity index (χ2v) is 6.42. The first-order valence-electron chi connectivity index (χ1n) is 8.86. The highest BCUT2D eigenvalue weighted by atomic mass is 16.2. The molecule has 0 saturated heterocycles. The number of pyridine rings is 1. The molecule has 138 valence electrons. The number of aromatic nitrogens is 3. The fraction of sp³-hybridized carbons (Fsp3) is 0.238. The summed E-state index contributed by atoms with van der Waals surface area (Å²) in [5.74, 6) is 0.424. The van der Waals surface area contributed by atoms with Crippen LogP contribution < -0.4 is 4.90 Å². The minimum atomic E-state index is -0.110. The average molecular weight is 361 g/mol. The standard InChI is InChI=1S/C21H23N5O/c1-25(15-11-17-8-12-22-13-9-17)20(27)19-10-14-23-21(24-19)26(2)16-18-6-4-3-5-7-18/h3-10,12-14H,11,15-16H2,1-2H3. The van der Waals surface area contributed by atoms with Gasteiger partial charge in [0.25, 0.3) is 5.91 Å². The van der Waals surface area contributed by atoms with Crippen LogP contribution in [0.2, 0.25) is 0 Å². The summed E-state index contributed by atoms with van der Waals surface area (Å²) in [5.41, 5.74) is 2.71. The Hall–Kier alpha value is -3.28. The number of nitrogens with zero attached hydrogens (tertiary/aromatic N) is 5. The van der Waals surface area contributed by atoms with Gasteiger partial charge in [0.05, 0.1) is 0 Å². The molecule has 0 fully saturated rings. The molecule has 2 heterocycles. The number of anilines is 1. The van der Waals surface area contributed by atoms with Gasteiger partial charge in [-0.25, -0.2) is 9.97 Å². The fourth-order valence-corrected chi connectivity index (χ4v) is 2.72. The summed E-state index contributed by atoms with van der Waals surface area (Å²) in [5, 5.41) is 0. The zero-order valence-corrected chi connectivity index (χ0v) is 15.6. The first kappa shape index (κ1) is 18.5. The van der Waals surface area contributed by atoms with Gasteiger partial charge in [0.1, 0.15) is 5.69 Å². The molecule has 0 N–H and O–H groups in total. The summed E-state index contributed by atoms with van der Waals surface area (Å²) in [6, 6.07) is 15.7. The van der Waals surface area contributed by atoms with Gasteiger partial charge in [-0.3, -0.25) is 9.78 Å². The van der Waals surface area contributed by atoms with Gasteiger partial charge >= 0.3 is 0 Å². The van der Waals surface area contributed by atoms with Crippen LogP contribution in [0.4, 0.5) is 5.95 Å². The Balaban J connectivity index is 1.64. The van der Waals surface area contributed by atoms with E-state index in [0.717, 1.165) is 17.5 Å². The zero-order valence-electron chi connectivity index (χ0n) is 15.6. The van der Waals surface area contributed by atoms with Crippen molar-refractivity contribution in [3.63, 3.8) is 0 Å². The maximum atomic E-state index is 12.7. The highest BCUT2D eigenvalue weighted by Gasteiger charge is 2.15. The Morgan fingerprint density at radius 1 is 0.926 bits per heavy atom. The maximum absolute atomic E-state index is 12.7. The van der Waals surface area contributed by atoms with E-state index in [0.29, 0.717) is 24.7 Å². The van der Waals surface area contributed by atoms with Crippen molar-refractivity contribution in [2.45, 2.75) is 13.0 Å². The number of rotatable bonds is 7. The number of carbonyl (C=O) groups is 1. The molecule has 6 nitrogen and oxygen atoms in total. The molecule has 0 aliphatic rings. The van der Waals surface area contributed by atoms with E-state index in [2.05, 4.69) is 27.1 Å². The van der Waals surface area contributed by atoms with Crippen LogP contribution in [0.3, 0.4) is 0 Å². The third-order valence-electron chi connectivity index (χ3n) is 4.30. The molecule has 3 aromatic rings. The van der Waals surface area contributed by atoms with Crippen molar-refractivity contribution in [1.29, 1.82) is 0 Å². The molecule has 2 aromatic heterocycles. The third-order valence-corrected chi connectivity index (χ3v) is 4.30. The number of amides is 1. The van der Waals surface area contributed by atoms with Gasteiger partial charge in [-0.15, -0.1) is 0 Å². The Kier molecular flexibility index (Phi) is 6.10. The normalized spacial score (nSPS) is 10.4. The van der Waals surface area contributed by atoms with Crippen molar-refractivity contribution in [3.8, 4) is 0 Å². The number of benzene rings is 1. The van der Waals surface area contributed by atoms with Crippen LogP contribution in [0.15, 0.2) is 67.1 Å². The molecule has 1 amide bonds. The lowest BCUT2D eigenvalue weighted by molar-refractivity contribution is 0.0790. The second kappa shape index (κ2) is 8.89. The Morgan fingerprint density at radius 2 is 1.67 bits per heavy atom. The molecule has 1 aromatic carbocycles. The Labute approximate surface area is 159 Å². The van der Waals surface area contributed by atoms with E-state index in [9.17, 15) is 4.79 Å². The van der Waals surface area contributed by atoms with Crippen LogP contribution in [-0.4, -0.2) is 46.4 Å². The van der Waals surface area contributed by atoms with Crippen molar-refractivity contribution in [1.82, 2.24) is 19.9 Å². The number of carbonyl (C=O) groups excluding carboxylic acids is 1. The van der Waals surface area contributed by atoms with Crippen LogP contribution in [0.1, 0.15) is 21.6 Å². The van der Waals surface area contributed by atoms with Crippen molar-refractivity contribution in [2.75, 3.05) is 25.5 Å². The molecule has 0 aliphatic heterocycles. The third kappa shape index (κ3) is 5.10. The predicted molar refractivity (Wildman–Crippen MR) is 105 cm³/mol. The zero-order chi connectivity index (χ0) is 19.1. The second-order valence-electron chi connectivity index (χ2n) is 6.42. The van der Waals surface area contributed by atoms with E-state index < -0.39 is 0 Å². The minimum absolute atomic E-state index is 0.110. The molecule has 6 heteroatoms. The molecule has 0 saturated carbocycles. The van der Waals surface area contributed by atoms with Gasteiger partial charge in [-0.1, -0.05) is 30.3 Å². The highest BCUT2D eigenvalue weighted by molar-refractivity contribution is 5.92. The quantitative estimate of drug-likeness (QED) is 0.648. The molecule has 0 atom stereocenters. The van der Waals surface area contributed by atoms with E-state index in [1.165, 1.54) is 0 Å². The van der Waals surface area contributed by atoms with Gasteiger partial charge in [-0.2, -0.15) is 0 Å². The molecule has 0 radical (unpaired) electrons. The molecular weight excluding hydrogens is 338 g/mol. The molecule has 0 aliphatic carbocycles. The lowest BCUT2D eigenvalue weighted by Crippen LogP contribution is -2.30. The van der Waals surface area contributed by atoms with Gasteiger partial charge in [-0.05, 0) is 35.7 Å². The number of likely N-dealkylation sites (N-methyl/N-ethyl adjacent to an activating group) is 1. The lowest BCUT2D eigenvalue weighted by Gasteiger charge is -2.19. The van der Waals surface area contributed by atoms with Crippen LogP contribution in [0.25, 0.3) is 0 Å². The summed E-state index contributed by atoms with van der Waals surface area (Å²) < 4.78 is 0. The fourth-order valence-electron chi connectivity index (χ4n) is 2.72. The van der Waals surface area contributed by atoms with Gasteiger partial charge in [0.15, 0.2) is 0 Å². The van der Waals surface area contributed by atoms with E-state index in [1.54, 1.807) is 36.6 Å². The monoisotopic (exact) mass is 361 g/mol. The maximum Gasteiger partial charge on any atom is 0.272 e. The van der Waals surface area contributed by atoms with Crippen LogP contribution >= 0.6 is 0 Å². The topological polar surface area (TPSA) is 62.2 Å². The molecule has 0 spiro atoms. The first-order chi connectivity index (χ1) is 13.1. The van der Waals surface area contributed by atoms with Crippen molar-refractivity contribution >= 4 is 11.9 Å². The molecule has 27 heavy (non-hydrogen) atoms. The smallest absolute Gasteiger partial charge is 0.272 e. The molecule has 0 bridgehead atoms. The number of hydrogen-bond acceptors (Lipinski definition) is 5. The molecule has 0 unspecified atom stereocenters. The van der Waals surface area contributed by atoms with Gasteiger partial charge < -0.3 is 9.80 Å². The van der Waals surface area contributed by atoms with Crippen LogP contribution in [-0.2, 0) is 13.0 Å². The summed E-state index contributed by atoms with van der Waals surface area (Å²) in [7, 11) is 3.71. The van der Waals surface area contributed by atoms with E-state index in [1.807, 2.05) is 42.3 Å². The predicted octanol–water partition coefficient (Wildman–Crippen LogP) is 2.82. The van der Waals surface area contributed by atoms with Gasteiger partial charge in [0.2, 0.25) is 5.95 Å². The lowest BCUT2D eigenvalue weighted by atomic mass is 10.2. The first-order valence-corrected chi connectivity index (χ1v) is 8.86. The van der Waals surface area contributed by atoms with Crippen LogP contribution in [0.5, 0.6) is 0 Å². The van der Waals surface area contributed by atoms with Crippen molar-refractivity contribution in [2.24, 2.45) is 0 Å². The van der Waals surface area contributed by atoms with E-state index in [-0.39, 0.29) is 5.91 Å². The average Bonchev–Trinajstić information content (AvgIpc) is 2.73. The summed E-state index contributed by atoms with van der Waals surface area (Å²) >= 11 is 0. The summed E-state index contributed by atoms with van der Waals surface area (Å²) in [6.45, 7) is 1.29. The Bertz CT molecular complexity index is 870. The summed E-state index contributed by atoms with van der Waals surface area (Å²) in [4.78, 5) is 29.1. The Morgan fingerprint density at radius 3 is 2.41 bits per heavy atom.